The number of nitrogens with one attached hydrogen (secondary N) is 3. The van der Waals surface area contributed by atoms with Crippen molar-refractivity contribution >= 4 is 5.91 Å². The van der Waals surface area contributed by atoms with Crippen molar-refractivity contribution in [2.24, 2.45) is 0 Å². The molecule has 0 aliphatic carbocycles. The Morgan fingerprint density at radius 3 is 2.86 bits per heavy atom. The predicted octanol–water partition coefficient (Wildman–Crippen LogP) is -1.30. The molecule has 0 aromatic heterocycles. The molecule has 5 nitrogen and oxygen atoms in total. The maximum atomic E-state index is 11.4. The third-order valence-electron chi connectivity index (χ3n) is 2.27. The highest BCUT2D eigenvalue weighted by atomic mass is 16.5. The van der Waals surface area contributed by atoms with Crippen LogP contribution in [0.1, 0.15) is 6.92 Å². The molecule has 14 heavy (non-hydrogen) atoms. The van der Waals surface area contributed by atoms with E-state index in [0.29, 0.717) is 19.2 Å². The lowest BCUT2D eigenvalue weighted by molar-refractivity contribution is -0.123. The fourth-order valence-electron chi connectivity index (χ4n) is 1.27. The highest BCUT2D eigenvalue weighted by Crippen LogP contribution is 1.93. The van der Waals surface area contributed by atoms with Gasteiger partial charge in [0.1, 0.15) is 0 Å². The van der Waals surface area contributed by atoms with Crippen LogP contribution in [0.25, 0.3) is 0 Å². The second-order valence-electron chi connectivity index (χ2n) is 3.53. The van der Waals surface area contributed by atoms with E-state index in [1.165, 1.54) is 0 Å². The van der Waals surface area contributed by atoms with Crippen LogP contribution in [0.3, 0.4) is 0 Å². The SMILES string of the molecule is COCCNC(=O)C(C)NC1CNC1. The van der Waals surface area contributed by atoms with E-state index >= 15 is 0 Å². The van der Waals surface area contributed by atoms with Gasteiger partial charge in [0.05, 0.1) is 12.6 Å². The van der Waals surface area contributed by atoms with Gasteiger partial charge in [0.2, 0.25) is 5.91 Å². The number of hydrogen-bond acceptors (Lipinski definition) is 4. The maximum absolute atomic E-state index is 11.4. The van der Waals surface area contributed by atoms with Crippen LogP contribution < -0.4 is 16.0 Å². The van der Waals surface area contributed by atoms with Gasteiger partial charge in [-0.2, -0.15) is 0 Å². The molecule has 0 radical (unpaired) electrons. The zero-order chi connectivity index (χ0) is 10.4. The lowest BCUT2D eigenvalue weighted by atomic mass is 10.1. The van der Waals surface area contributed by atoms with Crippen molar-refractivity contribution in [2.45, 2.75) is 19.0 Å². The van der Waals surface area contributed by atoms with Gasteiger partial charge in [-0.25, -0.2) is 0 Å². The monoisotopic (exact) mass is 201 g/mol. The van der Waals surface area contributed by atoms with Crippen molar-refractivity contribution in [1.82, 2.24) is 16.0 Å². The summed E-state index contributed by atoms with van der Waals surface area (Å²) >= 11 is 0. The molecular weight excluding hydrogens is 182 g/mol. The van der Waals surface area contributed by atoms with Crippen LogP contribution in [-0.2, 0) is 9.53 Å². The summed E-state index contributed by atoms with van der Waals surface area (Å²) in [5.74, 6) is 0.0361. The fraction of sp³-hybridized carbons (Fsp3) is 0.889. The molecule has 0 aromatic rings. The minimum Gasteiger partial charge on any atom is -0.383 e. The van der Waals surface area contributed by atoms with Crippen LogP contribution in [0.4, 0.5) is 0 Å². The van der Waals surface area contributed by atoms with Gasteiger partial charge in [0, 0.05) is 32.8 Å². The molecule has 0 saturated carbocycles. The molecule has 1 rings (SSSR count). The molecule has 1 unspecified atom stereocenters. The van der Waals surface area contributed by atoms with Crippen LogP contribution in [-0.4, -0.2) is 51.3 Å². The van der Waals surface area contributed by atoms with Crippen LogP contribution in [0.5, 0.6) is 0 Å². The number of carbonyl (C=O) groups is 1. The molecule has 5 heteroatoms. The van der Waals surface area contributed by atoms with Gasteiger partial charge < -0.3 is 20.7 Å². The summed E-state index contributed by atoms with van der Waals surface area (Å²) in [4.78, 5) is 11.4. The molecule has 0 spiro atoms. The molecule has 1 atom stereocenters. The fourth-order valence-corrected chi connectivity index (χ4v) is 1.27. The van der Waals surface area contributed by atoms with Crippen LogP contribution in [0.15, 0.2) is 0 Å². The average Bonchev–Trinajstić information content (AvgIpc) is 2.11. The number of amides is 1. The topological polar surface area (TPSA) is 62.4 Å². The Balaban J connectivity index is 2.08. The van der Waals surface area contributed by atoms with Gasteiger partial charge in [-0.15, -0.1) is 0 Å². The van der Waals surface area contributed by atoms with Crippen LogP contribution >= 0.6 is 0 Å². The minimum absolute atomic E-state index is 0.0361. The van der Waals surface area contributed by atoms with E-state index < -0.39 is 0 Å². The second kappa shape index (κ2) is 5.95. The summed E-state index contributed by atoms with van der Waals surface area (Å²) in [5, 5.41) is 9.16. The van der Waals surface area contributed by atoms with Gasteiger partial charge in [-0.1, -0.05) is 0 Å². The van der Waals surface area contributed by atoms with Crippen molar-refractivity contribution in [1.29, 1.82) is 0 Å². The largest absolute Gasteiger partial charge is 0.383 e. The Morgan fingerprint density at radius 1 is 1.64 bits per heavy atom. The van der Waals surface area contributed by atoms with E-state index in [1.807, 2.05) is 6.92 Å². The lowest BCUT2D eigenvalue weighted by Crippen LogP contribution is -2.60. The summed E-state index contributed by atoms with van der Waals surface area (Å²) < 4.78 is 4.84. The number of carbonyl (C=O) groups excluding carboxylic acids is 1. The summed E-state index contributed by atoms with van der Waals surface area (Å²) in [7, 11) is 1.62. The first-order chi connectivity index (χ1) is 6.74. The third kappa shape index (κ3) is 3.61. The number of ether oxygens (including phenoxy) is 1. The highest BCUT2D eigenvalue weighted by molar-refractivity contribution is 5.81. The molecule has 0 bridgehead atoms. The molecule has 82 valence electrons. The van der Waals surface area contributed by atoms with Crippen LogP contribution in [0.2, 0.25) is 0 Å². The smallest absolute Gasteiger partial charge is 0.236 e. The van der Waals surface area contributed by atoms with Gasteiger partial charge in [-0.05, 0) is 6.92 Å². The van der Waals surface area contributed by atoms with E-state index in [1.54, 1.807) is 7.11 Å². The predicted molar refractivity (Wildman–Crippen MR) is 54.1 cm³/mol. The van der Waals surface area contributed by atoms with E-state index in [4.69, 9.17) is 4.74 Å². The van der Waals surface area contributed by atoms with E-state index in [-0.39, 0.29) is 11.9 Å². The number of methoxy groups -OCH3 is 1. The average molecular weight is 201 g/mol. The Labute approximate surface area is 84.6 Å². The summed E-state index contributed by atoms with van der Waals surface area (Å²) in [6.07, 6.45) is 0. The molecule has 1 aliphatic rings. The molecule has 1 aliphatic heterocycles. The molecule has 1 fully saturated rings. The molecule has 1 amide bonds. The Morgan fingerprint density at radius 2 is 2.36 bits per heavy atom. The Kier molecular flexibility index (Phi) is 4.86. The Hall–Kier alpha value is -0.650. The van der Waals surface area contributed by atoms with E-state index in [0.717, 1.165) is 13.1 Å². The first-order valence-corrected chi connectivity index (χ1v) is 4.97. The van der Waals surface area contributed by atoms with Gasteiger partial charge in [0.25, 0.3) is 0 Å². The first kappa shape index (κ1) is 11.4. The van der Waals surface area contributed by atoms with Gasteiger partial charge in [0.15, 0.2) is 0 Å². The molecule has 0 aromatic carbocycles. The van der Waals surface area contributed by atoms with Crippen molar-refractivity contribution in [2.75, 3.05) is 33.4 Å². The summed E-state index contributed by atoms with van der Waals surface area (Å²) in [5.41, 5.74) is 0. The number of hydrogen-bond donors (Lipinski definition) is 3. The minimum atomic E-state index is -0.126. The third-order valence-corrected chi connectivity index (χ3v) is 2.27. The quantitative estimate of drug-likeness (QED) is 0.467. The maximum Gasteiger partial charge on any atom is 0.236 e. The van der Waals surface area contributed by atoms with Crippen molar-refractivity contribution < 1.29 is 9.53 Å². The van der Waals surface area contributed by atoms with Gasteiger partial charge >= 0.3 is 0 Å². The van der Waals surface area contributed by atoms with Crippen LogP contribution in [0, 0.1) is 0 Å². The molecule has 1 saturated heterocycles. The van der Waals surface area contributed by atoms with Crippen molar-refractivity contribution in [3.05, 3.63) is 0 Å². The Bertz CT molecular complexity index is 183. The van der Waals surface area contributed by atoms with Crippen molar-refractivity contribution in [3.63, 3.8) is 0 Å². The summed E-state index contributed by atoms with van der Waals surface area (Å²) in [6.45, 7) is 4.92. The van der Waals surface area contributed by atoms with E-state index in [9.17, 15) is 4.79 Å². The molecule has 3 N–H and O–H groups in total. The molecule has 1 heterocycles. The van der Waals surface area contributed by atoms with E-state index in [2.05, 4.69) is 16.0 Å². The second-order valence-corrected chi connectivity index (χ2v) is 3.53. The van der Waals surface area contributed by atoms with Gasteiger partial charge in [-0.3, -0.25) is 4.79 Å². The normalized spacial score (nSPS) is 18.7. The first-order valence-electron chi connectivity index (χ1n) is 4.97. The van der Waals surface area contributed by atoms with Crippen molar-refractivity contribution in [3.8, 4) is 0 Å². The standard InChI is InChI=1S/C9H19N3O2/c1-7(12-8-5-10-6-8)9(13)11-3-4-14-2/h7-8,10,12H,3-6H2,1-2H3,(H,11,13). The highest BCUT2D eigenvalue weighted by Gasteiger charge is 2.21. The zero-order valence-electron chi connectivity index (χ0n) is 8.80. The summed E-state index contributed by atoms with van der Waals surface area (Å²) in [6, 6.07) is 0.317. The lowest BCUT2D eigenvalue weighted by Gasteiger charge is -2.30. The number of rotatable bonds is 6. The zero-order valence-corrected chi connectivity index (χ0v) is 8.80. The molecular formula is C9H19N3O2.